The maximum atomic E-state index is 14.4. The number of nitrogens with two attached hydrogens (primary N) is 1. The molecule has 1 atom stereocenters. The largest absolute Gasteiger partial charge is 0.338 e. The van der Waals surface area contributed by atoms with Gasteiger partial charge in [0, 0.05) is 24.6 Å². The van der Waals surface area contributed by atoms with Crippen LogP contribution in [-0.2, 0) is 15.6 Å². The smallest absolute Gasteiger partial charge is 0.276 e. The third-order valence-corrected chi connectivity index (χ3v) is 8.17. The number of halogens is 2. The van der Waals surface area contributed by atoms with Crippen LogP contribution in [0.25, 0.3) is 0 Å². The SMILES string of the molecule is NS(=O)(=O)N1CCC2(CC1)C[C@H]2c1noc(C2(c3cc(F)ccc3F)CCC2)n1. The van der Waals surface area contributed by atoms with E-state index in [4.69, 9.17) is 9.66 Å². The van der Waals surface area contributed by atoms with E-state index in [-0.39, 0.29) is 16.9 Å². The van der Waals surface area contributed by atoms with E-state index in [1.807, 2.05) is 0 Å². The second kappa shape index (κ2) is 6.29. The van der Waals surface area contributed by atoms with Crippen molar-refractivity contribution in [3.8, 4) is 0 Å². The average Bonchev–Trinajstić information content (AvgIpc) is 3.09. The van der Waals surface area contributed by atoms with Crippen LogP contribution in [0.1, 0.15) is 61.7 Å². The second-order valence-electron chi connectivity index (χ2n) is 8.58. The molecule has 10 heteroatoms. The number of nitrogens with zero attached hydrogens (tertiary/aromatic N) is 3. The van der Waals surface area contributed by atoms with Crippen LogP contribution in [-0.4, -0.2) is 36.0 Å². The predicted molar refractivity (Wildman–Crippen MR) is 99.0 cm³/mol. The zero-order valence-electron chi connectivity index (χ0n) is 15.8. The fourth-order valence-electron chi connectivity index (χ4n) is 5.02. The van der Waals surface area contributed by atoms with Gasteiger partial charge >= 0.3 is 0 Å². The molecule has 1 saturated heterocycles. The Bertz CT molecular complexity index is 1060. The molecule has 0 unspecified atom stereocenters. The Morgan fingerprint density at radius 1 is 1.17 bits per heavy atom. The Morgan fingerprint density at radius 3 is 2.52 bits per heavy atom. The van der Waals surface area contributed by atoms with E-state index in [1.165, 1.54) is 10.4 Å². The Morgan fingerprint density at radius 2 is 1.90 bits per heavy atom. The van der Waals surface area contributed by atoms with Crippen LogP contribution in [0.15, 0.2) is 22.7 Å². The first kappa shape index (κ1) is 19.1. The van der Waals surface area contributed by atoms with E-state index in [9.17, 15) is 17.2 Å². The zero-order chi connectivity index (χ0) is 20.4. The van der Waals surface area contributed by atoms with Crippen molar-refractivity contribution in [2.45, 2.75) is 49.9 Å². The first-order valence-corrected chi connectivity index (χ1v) is 11.3. The molecular formula is C19H22F2N4O3S. The topological polar surface area (TPSA) is 102 Å². The van der Waals surface area contributed by atoms with Crippen molar-refractivity contribution in [3.63, 3.8) is 0 Å². The molecule has 2 saturated carbocycles. The van der Waals surface area contributed by atoms with Crippen LogP contribution in [0.3, 0.4) is 0 Å². The van der Waals surface area contributed by atoms with Crippen LogP contribution in [0, 0.1) is 17.0 Å². The average molecular weight is 424 g/mol. The molecular weight excluding hydrogens is 402 g/mol. The molecule has 3 fully saturated rings. The molecule has 2 aromatic rings. The van der Waals surface area contributed by atoms with E-state index in [1.54, 1.807) is 0 Å². The first-order valence-electron chi connectivity index (χ1n) is 9.81. The van der Waals surface area contributed by atoms with E-state index in [0.29, 0.717) is 50.5 Å². The molecule has 156 valence electrons. The standard InChI is InChI=1S/C19H22F2N4O3S/c20-12-2-3-15(21)13(10-12)19(4-1-5-19)17-23-16(24-28-17)14-11-18(14)6-8-25(9-7-18)29(22,26)27/h2-3,10,14H,1,4-9,11H2,(H2,22,26,27)/t14-/m0/s1. The third-order valence-electron chi connectivity index (χ3n) is 7.08. The van der Waals surface area contributed by atoms with Crippen molar-refractivity contribution < 1.29 is 21.7 Å². The summed E-state index contributed by atoms with van der Waals surface area (Å²) in [4.78, 5) is 4.61. The number of hydrogen-bond donors (Lipinski definition) is 1. The van der Waals surface area contributed by atoms with Gasteiger partial charge in [-0.25, -0.2) is 13.9 Å². The summed E-state index contributed by atoms with van der Waals surface area (Å²) in [6.07, 6.45) is 4.40. The van der Waals surface area contributed by atoms with Gasteiger partial charge in [0.05, 0.1) is 5.41 Å². The number of hydrogen-bond acceptors (Lipinski definition) is 5. The monoisotopic (exact) mass is 424 g/mol. The molecule has 1 aliphatic heterocycles. The van der Waals surface area contributed by atoms with E-state index in [2.05, 4.69) is 10.1 Å². The fourth-order valence-corrected chi connectivity index (χ4v) is 5.71. The summed E-state index contributed by atoms with van der Waals surface area (Å²) in [5.74, 6) is 0.0517. The Balaban J connectivity index is 1.38. The summed E-state index contributed by atoms with van der Waals surface area (Å²) >= 11 is 0. The lowest BCUT2D eigenvalue weighted by atomic mass is 9.64. The van der Waals surface area contributed by atoms with Crippen molar-refractivity contribution in [2.75, 3.05) is 13.1 Å². The summed E-state index contributed by atoms with van der Waals surface area (Å²) in [5.41, 5.74) is -0.527. The maximum Gasteiger partial charge on any atom is 0.276 e. The van der Waals surface area contributed by atoms with Crippen molar-refractivity contribution >= 4 is 10.2 Å². The van der Waals surface area contributed by atoms with Gasteiger partial charge < -0.3 is 4.52 Å². The Kier molecular flexibility index (Phi) is 4.14. The van der Waals surface area contributed by atoms with Crippen LogP contribution < -0.4 is 5.14 Å². The number of benzene rings is 1. The van der Waals surface area contributed by atoms with Crippen LogP contribution in [0.4, 0.5) is 8.78 Å². The lowest BCUT2D eigenvalue weighted by molar-refractivity contribution is 0.210. The quantitative estimate of drug-likeness (QED) is 0.813. The van der Waals surface area contributed by atoms with Gasteiger partial charge in [0.1, 0.15) is 11.6 Å². The molecule has 2 aliphatic carbocycles. The van der Waals surface area contributed by atoms with Gasteiger partial charge in [0.15, 0.2) is 5.82 Å². The van der Waals surface area contributed by atoms with Crippen molar-refractivity contribution in [2.24, 2.45) is 10.6 Å². The molecule has 3 aliphatic rings. The second-order valence-corrected chi connectivity index (χ2v) is 10.1. The highest BCUT2D eigenvalue weighted by molar-refractivity contribution is 7.86. The third kappa shape index (κ3) is 3.00. The van der Waals surface area contributed by atoms with Crippen molar-refractivity contribution in [3.05, 3.63) is 47.1 Å². The Labute approximate surface area is 167 Å². The van der Waals surface area contributed by atoms with Gasteiger partial charge in [-0.1, -0.05) is 11.6 Å². The van der Waals surface area contributed by atoms with E-state index in [0.717, 1.165) is 25.0 Å². The number of piperidine rings is 1. The van der Waals surface area contributed by atoms with Crippen LogP contribution in [0.2, 0.25) is 0 Å². The minimum Gasteiger partial charge on any atom is -0.338 e. The van der Waals surface area contributed by atoms with Crippen molar-refractivity contribution in [1.82, 2.24) is 14.4 Å². The molecule has 1 aromatic carbocycles. The summed E-state index contributed by atoms with van der Waals surface area (Å²) in [5, 5.41) is 9.38. The predicted octanol–water partition coefficient (Wildman–Crippen LogP) is 2.59. The molecule has 0 bridgehead atoms. The molecule has 29 heavy (non-hydrogen) atoms. The van der Waals surface area contributed by atoms with E-state index < -0.39 is 27.3 Å². The fraction of sp³-hybridized carbons (Fsp3) is 0.579. The summed E-state index contributed by atoms with van der Waals surface area (Å²) in [7, 11) is -3.66. The highest BCUT2D eigenvalue weighted by Crippen LogP contribution is 2.64. The molecule has 1 aromatic heterocycles. The highest BCUT2D eigenvalue weighted by atomic mass is 32.2. The van der Waals surface area contributed by atoms with Gasteiger partial charge in [-0.2, -0.15) is 17.7 Å². The molecule has 2 N–H and O–H groups in total. The zero-order valence-corrected chi connectivity index (χ0v) is 16.6. The number of rotatable bonds is 4. The van der Waals surface area contributed by atoms with Crippen LogP contribution >= 0.6 is 0 Å². The lowest BCUT2D eigenvalue weighted by Gasteiger charge is -2.39. The number of aromatic nitrogens is 2. The maximum absolute atomic E-state index is 14.4. The Hall–Kier alpha value is -1.91. The summed E-state index contributed by atoms with van der Waals surface area (Å²) < 4.78 is 58.1. The van der Waals surface area contributed by atoms with Gasteiger partial charge in [-0.3, -0.25) is 0 Å². The molecule has 2 heterocycles. The normalized spacial score (nSPS) is 25.7. The van der Waals surface area contributed by atoms with Gasteiger partial charge in [-0.05, 0) is 55.7 Å². The molecule has 5 rings (SSSR count). The van der Waals surface area contributed by atoms with Gasteiger partial charge in [0.2, 0.25) is 5.89 Å². The minimum atomic E-state index is -3.66. The lowest BCUT2D eigenvalue weighted by Crippen LogP contribution is -2.43. The first-order chi connectivity index (χ1) is 13.7. The molecule has 1 spiro atoms. The van der Waals surface area contributed by atoms with E-state index >= 15 is 0 Å². The highest BCUT2D eigenvalue weighted by Gasteiger charge is 2.59. The van der Waals surface area contributed by atoms with Gasteiger partial charge in [-0.15, -0.1) is 0 Å². The van der Waals surface area contributed by atoms with Gasteiger partial charge in [0.25, 0.3) is 10.2 Å². The molecule has 7 nitrogen and oxygen atoms in total. The minimum absolute atomic E-state index is 0.0286. The van der Waals surface area contributed by atoms with Crippen molar-refractivity contribution in [1.29, 1.82) is 0 Å². The summed E-state index contributed by atoms with van der Waals surface area (Å²) in [6, 6.07) is 3.46. The van der Waals surface area contributed by atoms with Crippen LogP contribution in [0.5, 0.6) is 0 Å². The molecule has 0 radical (unpaired) electrons. The summed E-state index contributed by atoms with van der Waals surface area (Å²) in [6.45, 7) is 0.775. The molecule has 0 amide bonds.